The molecule has 2 aromatic rings. The van der Waals surface area contributed by atoms with E-state index in [1.54, 1.807) is 0 Å². The van der Waals surface area contributed by atoms with Gasteiger partial charge in [0, 0.05) is 12.7 Å². The average molecular weight is 446 g/mol. The quantitative estimate of drug-likeness (QED) is 0.735. The highest BCUT2D eigenvalue weighted by Gasteiger charge is 2.33. The van der Waals surface area contributed by atoms with Crippen LogP contribution in [-0.2, 0) is 26.7 Å². The van der Waals surface area contributed by atoms with Crippen LogP contribution in [0, 0.1) is 11.3 Å². The minimum absolute atomic E-state index is 0.167. The molecule has 0 spiro atoms. The van der Waals surface area contributed by atoms with Crippen molar-refractivity contribution in [2.75, 3.05) is 18.9 Å². The molecule has 2 rings (SSSR count). The number of nitriles is 1. The summed E-state index contributed by atoms with van der Waals surface area (Å²) >= 11 is 5.52. The Labute approximate surface area is 170 Å². The van der Waals surface area contributed by atoms with Crippen molar-refractivity contribution in [1.82, 2.24) is 4.31 Å². The number of nitrogens with zero attached hydrogens (tertiary/aromatic N) is 2. The molecule has 0 unspecified atom stereocenters. The number of likely N-dealkylation sites (N-methyl/N-ethyl adjacent to an activating group) is 1. The van der Waals surface area contributed by atoms with Gasteiger partial charge in [0.1, 0.15) is 0 Å². The first kappa shape index (κ1) is 22.7. The minimum atomic E-state index is -4.70. The van der Waals surface area contributed by atoms with Crippen molar-refractivity contribution in [2.45, 2.75) is 11.9 Å². The van der Waals surface area contributed by atoms with Gasteiger partial charge in [0.2, 0.25) is 15.9 Å². The van der Waals surface area contributed by atoms with Crippen molar-refractivity contribution in [3.63, 3.8) is 0 Å². The lowest BCUT2D eigenvalue weighted by atomic mass is 10.2. The Bertz CT molecular complexity index is 1070. The van der Waals surface area contributed by atoms with E-state index in [1.807, 2.05) is 6.07 Å². The highest BCUT2D eigenvalue weighted by atomic mass is 35.5. The van der Waals surface area contributed by atoms with Gasteiger partial charge in [0.05, 0.1) is 34.5 Å². The van der Waals surface area contributed by atoms with Gasteiger partial charge in [-0.05, 0) is 35.9 Å². The Morgan fingerprint density at radius 3 is 2.55 bits per heavy atom. The van der Waals surface area contributed by atoms with Crippen molar-refractivity contribution in [3.8, 4) is 6.07 Å². The highest BCUT2D eigenvalue weighted by Crippen LogP contribution is 2.36. The standard InChI is InChI=1S/C18H15ClF3N3O3S/c1-25(29(27,28)11-13-4-2-3-12(7-13)9-23)10-17(26)24-14-5-6-16(19)15(8-14)18(20,21)22/h2-8H,10-11H2,1H3,(H,24,26). The molecule has 0 saturated heterocycles. The van der Waals surface area contributed by atoms with Gasteiger partial charge in [0.15, 0.2) is 0 Å². The molecule has 0 aromatic heterocycles. The van der Waals surface area contributed by atoms with Crippen LogP contribution in [0.2, 0.25) is 5.02 Å². The molecular formula is C18H15ClF3N3O3S. The van der Waals surface area contributed by atoms with E-state index in [0.717, 1.165) is 10.4 Å². The number of sulfonamides is 1. The predicted molar refractivity (Wildman–Crippen MR) is 101 cm³/mol. The first-order valence-corrected chi connectivity index (χ1v) is 10.0. The number of amides is 1. The van der Waals surface area contributed by atoms with Crippen LogP contribution >= 0.6 is 11.6 Å². The number of alkyl halides is 3. The van der Waals surface area contributed by atoms with Gasteiger partial charge in [-0.2, -0.15) is 22.7 Å². The molecule has 0 fully saturated rings. The second kappa shape index (κ2) is 8.82. The van der Waals surface area contributed by atoms with Crippen molar-refractivity contribution in [2.24, 2.45) is 0 Å². The third-order valence-electron chi connectivity index (χ3n) is 3.80. The molecule has 0 bridgehead atoms. The Hall–Kier alpha value is -2.61. The Morgan fingerprint density at radius 1 is 1.24 bits per heavy atom. The highest BCUT2D eigenvalue weighted by molar-refractivity contribution is 7.88. The number of benzene rings is 2. The zero-order chi connectivity index (χ0) is 21.8. The molecule has 0 saturated carbocycles. The van der Waals surface area contributed by atoms with Crippen LogP contribution in [-0.4, -0.2) is 32.2 Å². The number of hydrogen-bond acceptors (Lipinski definition) is 4. The zero-order valence-electron chi connectivity index (χ0n) is 15.0. The normalized spacial score (nSPS) is 11.9. The number of anilines is 1. The molecular weight excluding hydrogens is 431 g/mol. The molecule has 0 heterocycles. The van der Waals surface area contributed by atoms with E-state index < -0.39 is 45.0 Å². The number of halogens is 4. The maximum atomic E-state index is 12.9. The summed E-state index contributed by atoms with van der Waals surface area (Å²) in [5, 5.41) is 10.6. The number of nitrogens with one attached hydrogen (secondary N) is 1. The number of carbonyl (C=O) groups is 1. The summed E-state index contributed by atoms with van der Waals surface area (Å²) in [6.07, 6.45) is -4.70. The van der Waals surface area contributed by atoms with Crippen LogP contribution in [0.1, 0.15) is 16.7 Å². The van der Waals surface area contributed by atoms with Crippen LogP contribution < -0.4 is 5.32 Å². The summed E-state index contributed by atoms with van der Waals surface area (Å²) in [4.78, 5) is 12.1. The second-order valence-electron chi connectivity index (χ2n) is 6.07. The SMILES string of the molecule is CN(CC(=O)Nc1ccc(Cl)c(C(F)(F)F)c1)S(=O)(=O)Cc1cccc(C#N)c1. The van der Waals surface area contributed by atoms with Crippen LogP contribution in [0.4, 0.5) is 18.9 Å². The molecule has 6 nitrogen and oxygen atoms in total. The summed E-state index contributed by atoms with van der Waals surface area (Å²) < 4.78 is 64.3. The van der Waals surface area contributed by atoms with E-state index in [4.69, 9.17) is 16.9 Å². The van der Waals surface area contributed by atoms with E-state index >= 15 is 0 Å². The van der Waals surface area contributed by atoms with Crippen molar-refractivity contribution in [1.29, 1.82) is 5.26 Å². The van der Waals surface area contributed by atoms with E-state index in [2.05, 4.69) is 5.32 Å². The van der Waals surface area contributed by atoms with Gasteiger partial charge in [-0.25, -0.2) is 8.42 Å². The third kappa shape index (κ3) is 6.19. The molecule has 1 N–H and O–H groups in total. The first-order chi connectivity index (χ1) is 13.4. The van der Waals surface area contributed by atoms with Gasteiger partial charge < -0.3 is 5.32 Å². The monoisotopic (exact) mass is 445 g/mol. The lowest BCUT2D eigenvalue weighted by Crippen LogP contribution is -2.35. The minimum Gasteiger partial charge on any atom is -0.325 e. The summed E-state index contributed by atoms with van der Waals surface area (Å²) in [6, 6.07) is 10.7. The topological polar surface area (TPSA) is 90.3 Å². The van der Waals surface area contributed by atoms with Crippen LogP contribution in [0.15, 0.2) is 42.5 Å². The molecule has 2 aromatic carbocycles. The van der Waals surface area contributed by atoms with Gasteiger partial charge in [-0.15, -0.1) is 0 Å². The van der Waals surface area contributed by atoms with Crippen LogP contribution in [0.25, 0.3) is 0 Å². The third-order valence-corrected chi connectivity index (χ3v) is 5.91. The number of carbonyl (C=O) groups excluding carboxylic acids is 1. The van der Waals surface area contributed by atoms with Crippen molar-refractivity contribution in [3.05, 3.63) is 64.2 Å². The Kier molecular flexibility index (Phi) is 6.89. The van der Waals surface area contributed by atoms with E-state index in [9.17, 15) is 26.4 Å². The maximum absolute atomic E-state index is 12.9. The molecule has 154 valence electrons. The molecule has 0 radical (unpaired) electrons. The molecule has 11 heteroatoms. The van der Waals surface area contributed by atoms with Crippen LogP contribution in [0.3, 0.4) is 0 Å². The number of hydrogen-bond donors (Lipinski definition) is 1. The summed E-state index contributed by atoms with van der Waals surface area (Å²) in [5.41, 5.74) is -0.625. The average Bonchev–Trinajstić information content (AvgIpc) is 2.62. The van der Waals surface area contributed by atoms with Gasteiger partial charge in [-0.3, -0.25) is 4.79 Å². The molecule has 0 aliphatic carbocycles. The summed E-state index contributed by atoms with van der Waals surface area (Å²) in [5.74, 6) is -1.26. The second-order valence-corrected chi connectivity index (χ2v) is 8.55. The number of rotatable bonds is 6. The van der Waals surface area contributed by atoms with E-state index in [1.165, 1.54) is 37.4 Å². The lowest BCUT2D eigenvalue weighted by Gasteiger charge is -2.17. The Morgan fingerprint density at radius 2 is 1.93 bits per heavy atom. The predicted octanol–water partition coefficient (Wildman–Crippen LogP) is 3.63. The van der Waals surface area contributed by atoms with Crippen molar-refractivity contribution < 1.29 is 26.4 Å². The van der Waals surface area contributed by atoms with Crippen LogP contribution in [0.5, 0.6) is 0 Å². The molecule has 0 aliphatic heterocycles. The zero-order valence-corrected chi connectivity index (χ0v) is 16.6. The van der Waals surface area contributed by atoms with Gasteiger partial charge >= 0.3 is 6.18 Å². The van der Waals surface area contributed by atoms with Gasteiger partial charge in [-0.1, -0.05) is 23.7 Å². The van der Waals surface area contributed by atoms with Crippen molar-refractivity contribution >= 4 is 33.2 Å². The maximum Gasteiger partial charge on any atom is 0.417 e. The smallest absolute Gasteiger partial charge is 0.325 e. The molecule has 1 amide bonds. The fourth-order valence-corrected chi connectivity index (χ4v) is 3.73. The van der Waals surface area contributed by atoms with E-state index in [0.29, 0.717) is 17.2 Å². The largest absolute Gasteiger partial charge is 0.417 e. The summed E-state index contributed by atoms with van der Waals surface area (Å²) in [6.45, 7) is -0.607. The lowest BCUT2D eigenvalue weighted by molar-refractivity contribution is -0.137. The molecule has 0 atom stereocenters. The molecule has 29 heavy (non-hydrogen) atoms. The fraction of sp³-hybridized carbons (Fsp3) is 0.222. The Balaban J connectivity index is 2.07. The fourth-order valence-electron chi connectivity index (χ4n) is 2.37. The van der Waals surface area contributed by atoms with Gasteiger partial charge in [0.25, 0.3) is 0 Å². The molecule has 0 aliphatic rings. The first-order valence-electron chi connectivity index (χ1n) is 8.02. The van der Waals surface area contributed by atoms with E-state index in [-0.39, 0.29) is 5.69 Å². The summed E-state index contributed by atoms with van der Waals surface area (Å²) in [7, 11) is -2.73.